The number of rotatable bonds is 3. The topological polar surface area (TPSA) is 52.9 Å². The Morgan fingerprint density at radius 3 is 2.52 bits per heavy atom. The SMILES string of the molecule is N#CC1(NC(=O)Cc2cccc(Br)c2)CCCCCCC1. The van der Waals surface area contributed by atoms with Crippen LogP contribution in [0.15, 0.2) is 28.7 Å². The first-order chi connectivity index (χ1) is 10.1. The number of hydrogen-bond acceptors (Lipinski definition) is 2. The molecule has 2 rings (SSSR count). The Balaban J connectivity index is 2.00. The summed E-state index contributed by atoms with van der Waals surface area (Å²) in [5.74, 6) is -0.0600. The Labute approximate surface area is 134 Å². The minimum absolute atomic E-state index is 0.0600. The second-order valence-corrected chi connectivity index (χ2v) is 6.73. The summed E-state index contributed by atoms with van der Waals surface area (Å²) >= 11 is 3.41. The predicted octanol–water partition coefficient (Wildman–Crippen LogP) is 4.11. The Bertz CT molecular complexity index is 528. The third-order valence-corrected chi connectivity index (χ3v) is 4.55. The van der Waals surface area contributed by atoms with Gasteiger partial charge in [0.1, 0.15) is 5.54 Å². The molecule has 1 aromatic rings. The summed E-state index contributed by atoms with van der Waals surface area (Å²) in [6.45, 7) is 0. The van der Waals surface area contributed by atoms with Crippen LogP contribution in [0.25, 0.3) is 0 Å². The van der Waals surface area contributed by atoms with E-state index in [1.807, 2.05) is 24.3 Å². The van der Waals surface area contributed by atoms with Gasteiger partial charge in [0.25, 0.3) is 0 Å². The van der Waals surface area contributed by atoms with E-state index in [2.05, 4.69) is 27.3 Å². The van der Waals surface area contributed by atoms with Crippen molar-refractivity contribution in [3.8, 4) is 6.07 Å². The molecule has 21 heavy (non-hydrogen) atoms. The van der Waals surface area contributed by atoms with Gasteiger partial charge < -0.3 is 5.32 Å². The lowest BCUT2D eigenvalue weighted by atomic mass is 9.85. The van der Waals surface area contributed by atoms with Gasteiger partial charge in [-0.1, -0.05) is 60.2 Å². The van der Waals surface area contributed by atoms with Gasteiger partial charge in [-0.05, 0) is 30.5 Å². The van der Waals surface area contributed by atoms with E-state index >= 15 is 0 Å². The van der Waals surface area contributed by atoms with Crippen molar-refractivity contribution in [3.05, 3.63) is 34.3 Å². The molecule has 1 amide bonds. The number of benzene rings is 1. The highest BCUT2D eigenvalue weighted by molar-refractivity contribution is 9.10. The molecule has 0 atom stereocenters. The standard InChI is InChI=1S/C17H21BrN2O/c18-15-8-6-7-14(11-15)12-16(21)20-17(13-19)9-4-2-1-3-5-10-17/h6-8,11H,1-5,9-10,12H2,(H,20,21). The molecule has 1 fully saturated rings. The van der Waals surface area contributed by atoms with E-state index < -0.39 is 5.54 Å². The lowest BCUT2D eigenvalue weighted by Crippen LogP contribution is -2.48. The zero-order chi connectivity index (χ0) is 15.1. The Morgan fingerprint density at radius 1 is 1.24 bits per heavy atom. The summed E-state index contributed by atoms with van der Waals surface area (Å²) in [6, 6.07) is 10.1. The largest absolute Gasteiger partial charge is 0.338 e. The number of nitriles is 1. The number of amides is 1. The van der Waals surface area contributed by atoms with Gasteiger partial charge in [-0.15, -0.1) is 0 Å². The molecule has 0 radical (unpaired) electrons. The number of nitrogens with zero attached hydrogens (tertiary/aromatic N) is 1. The lowest BCUT2D eigenvalue weighted by molar-refractivity contribution is -0.122. The number of hydrogen-bond donors (Lipinski definition) is 1. The van der Waals surface area contributed by atoms with Crippen molar-refractivity contribution in [2.75, 3.05) is 0 Å². The van der Waals surface area contributed by atoms with Crippen molar-refractivity contribution in [1.82, 2.24) is 5.32 Å². The van der Waals surface area contributed by atoms with Gasteiger partial charge in [0.05, 0.1) is 12.5 Å². The Hall–Kier alpha value is -1.34. The third kappa shape index (κ3) is 4.86. The third-order valence-electron chi connectivity index (χ3n) is 4.05. The zero-order valence-electron chi connectivity index (χ0n) is 12.2. The summed E-state index contributed by atoms with van der Waals surface area (Å²) < 4.78 is 0.966. The van der Waals surface area contributed by atoms with E-state index in [9.17, 15) is 10.1 Å². The quantitative estimate of drug-likeness (QED) is 0.893. The van der Waals surface area contributed by atoms with Crippen LogP contribution in [0.1, 0.15) is 50.5 Å². The molecular formula is C17H21BrN2O. The van der Waals surface area contributed by atoms with Gasteiger partial charge in [0.15, 0.2) is 0 Å². The highest BCUT2D eigenvalue weighted by Crippen LogP contribution is 2.26. The smallest absolute Gasteiger partial charge is 0.225 e. The fourth-order valence-electron chi connectivity index (χ4n) is 2.92. The zero-order valence-corrected chi connectivity index (χ0v) is 13.8. The van der Waals surface area contributed by atoms with Crippen LogP contribution in [0, 0.1) is 11.3 Å². The highest BCUT2D eigenvalue weighted by Gasteiger charge is 2.31. The molecule has 0 heterocycles. The van der Waals surface area contributed by atoms with Crippen LogP contribution in [-0.4, -0.2) is 11.4 Å². The van der Waals surface area contributed by atoms with E-state index in [-0.39, 0.29) is 5.91 Å². The van der Waals surface area contributed by atoms with Crippen molar-refractivity contribution < 1.29 is 4.79 Å². The molecule has 4 heteroatoms. The van der Waals surface area contributed by atoms with E-state index in [1.54, 1.807) is 0 Å². The Morgan fingerprint density at radius 2 is 1.90 bits per heavy atom. The molecule has 112 valence electrons. The maximum Gasteiger partial charge on any atom is 0.225 e. The second-order valence-electron chi connectivity index (χ2n) is 5.82. The second kappa shape index (κ2) is 7.61. The fourth-order valence-corrected chi connectivity index (χ4v) is 3.36. The summed E-state index contributed by atoms with van der Waals surface area (Å²) in [5.41, 5.74) is 0.296. The molecule has 0 aliphatic heterocycles. The van der Waals surface area contributed by atoms with Gasteiger partial charge in [0, 0.05) is 4.47 Å². The molecule has 1 aromatic carbocycles. The molecule has 0 aromatic heterocycles. The van der Waals surface area contributed by atoms with E-state index in [0.29, 0.717) is 6.42 Å². The van der Waals surface area contributed by atoms with E-state index in [1.165, 1.54) is 6.42 Å². The van der Waals surface area contributed by atoms with Crippen LogP contribution < -0.4 is 5.32 Å². The molecule has 0 bridgehead atoms. The number of carbonyl (C=O) groups excluding carboxylic acids is 1. The molecule has 1 N–H and O–H groups in total. The van der Waals surface area contributed by atoms with Crippen LogP contribution in [0.5, 0.6) is 0 Å². The van der Waals surface area contributed by atoms with Gasteiger partial charge in [0.2, 0.25) is 5.91 Å². The average molecular weight is 349 g/mol. The molecular weight excluding hydrogens is 328 g/mol. The molecule has 1 aliphatic rings. The molecule has 1 aliphatic carbocycles. The molecule has 0 spiro atoms. The normalized spacial score (nSPS) is 18.1. The van der Waals surface area contributed by atoms with E-state index in [0.717, 1.165) is 48.6 Å². The van der Waals surface area contributed by atoms with Crippen molar-refractivity contribution in [2.24, 2.45) is 0 Å². The minimum Gasteiger partial charge on any atom is -0.338 e. The summed E-state index contributed by atoms with van der Waals surface area (Å²) in [6.07, 6.45) is 7.46. The van der Waals surface area contributed by atoms with Crippen molar-refractivity contribution in [1.29, 1.82) is 5.26 Å². The first kappa shape index (κ1) is 16.0. The van der Waals surface area contributed by atoms with Gasteiger partial charge in [-0.3, -0.25) is 4.79 Å². The molecule has 0 unspecified atom stereocenters. The van der Waals surface area contributed by atoms with Crippen molar-refractivity contribution in [2.45, 2.75) is 56.9 Å². The maximum absolute atomic E-state index is 12.3. The van der Waals surface area contributed by atoms with Crippen molar-refractivity contribution >= 4 is 21.8 Å². The number of nitrogens with one attached hydrogen (secondary N) is 1. The van der Waals surface area contributed by atoms with Crippen LogP contribution in [-0.2, 0) is 11.2 Å². The fraction of sp³-hybridized carbons (Fsp3) is 0.529. The number of carbonyl (C=O) groups is 1. The summed E-state index contributed by atoms with van der Waals surface area (Å²) in [7, 11) is 0. The van der Waals surface area contributed by atoms with Crippen LogP contribution in [0.3, 0.4) is 0 Å². The minimum atomic E-state index is -0.663. The first-order valence-electron chi connectivity index (χ1n) is 7.60. The summed E-state index contributed by atoms with van der Waals surface area (Å²) in [5, 5.41) is 12.5. The van der Waals surface area contributed by atoms with Gasteiger partial charge in [-0.2, -0.15) is 5.26 Å². The lowest BCUT2D eigenvalue weighted by Gasteiger charge is -2.29. The molecule has 0 saturated heterocycles. The average Bonchev–Trinajstić information content (AvgIpc) is 2.42. The van der Waals surface area contributed by atoms with Crippen molar-refractivity contribution in [3.63, 3.8) is 0 Å². The van der Waals surface area contributed by atoms with Crippen LogP contribution in [0.2, 0.25) is 0 Å². The summed E-state index contributed by atoms with van der Waals surface area (Å²) in [4.78, 5) is 12.3. The number of halogens is 1. The molecule has 3 nitrogen and oxygen atoms in total. The highest BCUT2D eigenvalue weighted by atomic mass is 79.9. The maximum atomic E-state index is 12.3. The predicted molar refractivity (Wildman–Crippen MR) is 86.7 cm³/mol. The van der Waals surface area contributed by atoms with E-state index in [4.69, 9.17) is 0 Å². The molecule has 1 saturated carbocycles. The van der Waals surface area contributed by atoms with Gasteiger partial charge >= 0.3 is 0 Å². The van der Waals surface area contributed by atoms with Crippen LogP contribution >= 0.6 is 15.9 Å². The first-order valence-corrected chi connectivity index (χ1v) is 8.40. The van der Waals surface area contributed by atoms with Crippen LogP contribution in [0.4, 0.5) is 0 Å². The Kier molecular flexibility index (Phi) is 5.81. The monoisotopic (exact) mass is 348 g/mol. The van der Waals surface area contributed by atoms with Gasteiger partial charge in [-0.25, -0.2) is 0 Å².